The Kier molecular flexibility index (Phi) is 4.00. The quantitative estimate of drug-likeness (QED) is 0.686. The van der Waals surface area contributed by atoms with Gasteiger partial charge in [-0.2, -0.15) is 0 Å². The van der Waals surface area contributed by atoms with Gasteiger partial charge in [0.15, 0.2) is 0 Å². The number of hydrogen-bond donors (Lipinski definition) is 2. The Morgan fingerprint density at radius 2 is 1.48 bits per heavy atom. The van der Waals surface area contributed by atoms with Crippen LogP contribution < -0.4 is 0 Å². The highest BCUT2D eigenvalue weighted by Crippen LogP contribution is 2.68. The Morgan fingerprint density at radius 1 is 0.800 bits per heavy atom. The highest BCUT2D eigenvalue weighted by molar-refractivity contribution is 5.11. The van der Waals surface area contributed by atoms with E-state index >= 15 is 0 Å². The minimum Gasteiger partial charge on any atom is -0.390 e. The third-order valence-electron chi connectivity index (χ3n) is 9.81. The van der Waals surface area contributed by atoms with Gasteiger partial charge in [-0.3, -0.25) is 0 Å². The van der Waals surface area contributed by atoms with Gasteiger partial charge in [-0.15, -0.1) is 0 Å². The largest absolute Gasteiger partial charge is 0.390 e. The monoisotopic (exact) mass is 348 g/mol. The van der Waals surface area contributed by atoms with E-state index < -0.39 is 11.2 Å². The lowest BCUT2D eigenvalue weighted by Crippen LogP contribution is -2.56. The van der Waals surface area contributed by atoms with E-state index in [4.69, 9.17) is 0 Å². The average Bonchev–Trinajstić information content (AvgIpc) is 2.85. The van der Waals surface area contributed by atoms with Crippen molar-refractivity contribution in [3.05, 3.63) is 0 Å². The molecule has 0 aliphatic heterocycles. The van der Waals surface area contributed by atoms with Crippen molar-refractivity contribution >= 4 is 0 Å². The Hall–Kier alpha value is -0.0800. The normalized spacial score (nSPS) is 56.0. The molecule has 8 atom stereocenters. The fraction of sp³-hybridized carbons (Fsp3) is 1.00. The molecule has 2 heteroatoms. The summed E-state index contributed by atoms with van der Waals surface area (Å²) < 4.78 is 0. The minimum absolute atomic E-state index is 0.336. The SMILES string of the molecule is CC(C)(O)[C@H]1CCC2C3CC[C@@H]4C[C@](C)(O)CC[C@]4(C)C3CC[C@@]21C. The molecule has 0 aromatic rings. The Bertz CT molecular complexity index is 533. The van der Waals surface area contributed by atoms with Crippen LogP contribution in [0.15, 0.2) is 0 Å². The number of aliphatic hydroxyl groups is 2. The molecule has 3 unspecified atom stereocenters. The van der Waals surface area contributed by atoms with E-state index in [2.05, 4.69) is 20.8 Å². The molecule has 0 aromatic carbocycles. The van der Waals surface area contributed by atoms with Crippen LogP contribution in [0.4, 0.5) is 0 Å². The summed E-state index contributed by atoms with van der Waals surface area (Å²) in [5.74, 6) is 3.69. The summed E-state index contributed by atoms with van der Waals surface area (Å²) in [4.78, 5) is 0. The zero-order valence-electron chi connectivity index (χ0n) is 17.1. The summed E-state index contributed by atoms with van der Waals surface area (Å²) in [5.41, 5.74) is -0.192. The zero-order valence-corrected chi connectivity index (χ0v) is 17.1. The van der Waals surface area contributed by atoms with Crippen LogP contribution in [0.1, 0.15) is 92.4 Å². The zero-order chi connectivity index (χ0) is 18.3. The van der Waals surface area contributed by atoms with Crippen LogP contribution in [-0.4, -0.2) is 21.4 Å². The van der Waals surface area contributed by atoms with Crippen molar-refractivity contribution in [2.45, 2.75) is 104 Å². The number of fused-ring (bicyclic) bond motifs is 5. The van der Waals surface area contributed by atoms with Gasteiger partial charge in [0, 0.05) is 0 Å². The topological polar surface area (TPSA) is 40.5 Å². The molecule has 4 saturated carbocycles. The van der Waals surface area contributed by atoms with Gasteiger partial charge < -0.3 is 10.2 Å². The lowest BCUT2D eigenvalue weighted by molar-refractivity contribution is -0.155. The predicted octanol–water partition coefficient (Wildman–Crippen LogP) is 5.17. The van der Waals surface area contributed by atoms with Gasteiger partial charge in [-0.05, 0) is 119 Å². The standard InChI is InChI=1S/C23H40O2/c1-20(2,24)19-9-8-17-16-7-6-15-14-21(3,25)12-13-22(15,4)18(16)10-11-23(17,19)5/h15-19,24-25H,6-14H2,1-5H3/t15-,16?,17?,18?,19-,21-,22+,23+/m1/s1. The van der Waals surface area contributed by atoms with Crippen molar-refractivity contribution in [2.24, 2.45) is 40.4 Å². The summed E-state index contributed by atoms with van der Waals surface area (Å²) in [6.45, 7) is 11.2. The molecular formula is C23H40O2. The van der Waals surface area contributed by atoms with E-state index in [9.17, 15) is 10.2 Å². The second-order valence-corrected chi connectivity index (χ2v) is 11.7. The van der Waals surface area contributed by atoms with Crippen LogP contribution in [0.25, 0.3) is 0 Å². The van der Waals surface area contributed by atoms with Crippen molar-refractivity contribution in [1.82, 2.24) is 0 Å². The first-order valence-corrected chi connectivity index (χ1v) is 10.9. The maximum atomic E-state index is 10.8. The van der Waals surface area contributed by atoms with Gasteiger partial charge in [-0.25, -0.2) is 0 Å². The molecule has 4 aliphatic carbocycles. The highest BCUT2D eigenvalue weighted by atomic mass is 16.3. The highest BCUT2D eigenvalue weighted by Gasteiger charge is 2.62. The lowest BCUT2D eigenvalue weighted by Gasteiger charge is -2.62. The summed E-state index contributed by atoms with van der Waals surface area (Å²) in [7, 11) is 0. The third kappa shape index (κ3) is 2.64. The van der Waals surface area contributed by atoms with Crippen LogP contribution in [0.3, 0.4) is 0 Å². The van der Waals surface area contributed by atoms with Crippen molar-refractivity contribution < 1.29 is 10.2 Å². The fourth-order valence-corrected chi connectivity index (χ4v) is 8.59. The van der Waals surface area contributed by atoms with E-state index in [1.54, 1.807) is 0 Å². The van der Waals surface area contributed by atoms with Gasteiger partial charge in [0.25, 0.3) is 0 Å². The van der Waals surface area contributed by atoms with Gasteiger partial charge in [0.1, 0.15) is 0 Å². The van der Waals surface area contributed by atoms with Crippen molar-refractivity contribution in [2.75, 3.05) is 0 Å². The molecule has 2 nitrogen and oxygen atoms in total. The second kappa shape index (κ2) is 5.47. The Labute approximate surface area is 154 Å². The summed E-state index contributed by atoms with van der Waals surface area (Å²) >= 11 is 0. The molecule has 144 valence electrons. The third-order valence-corrected chi connectivity index (χ3v) is 9.81. The van der Waals surface area contributed by atoms with Crippen molar-refractivity contribution in [1.29, 1.82) is 0 Å². The van der Waals surface area contributed by atoms with Crippen LogP contribution in [0.2, 0.25) is 0 Å². The summed E-state index contributed by atoms with van der Waals surface area (Å²) in [5, 5.41) is 21.4. The minimum atomic E-state index is -0.541. The maximum Gasteiger partial charge on any atom is 0.0625 e. The number of rotatable bonds is 1. The molecule has 2 N–H and O–H groups in total. The molecule has 0 aromatic heterocycles. The number of hydrogen-bond acceptors (Lipinski definition) is 2. The van der Waals surface area contributed by atoms with Crippen molar-refractivity contribution in [3.63, 3.8) is 0 Å². The van der Waals surface area contributed by atoms with Gasteiger partial charge in [0.2, 0.25) is 0 Å². The van der Waals surface area contributed by atoms with Crippen LogP contribution >= 0.6 is 0 Å². The Balaban J connectivity index is 1.60. The predicted molar refractivity (Wildman–Crippen MR) is 102 cm³/mol. The summed E-state index contributed by atoms with van der Waals surface area (Å²) in [6.07, 6.45) is 11.1. The molecule has 0 spiro atoms. The lowest BCUT2D eigenvalue weighted by atomic mass is 9.43. The average molecular weight is 349 g/mol. The molecule has 4 aliphatic rings. The molecule has 0 saturated heterocycles. The van der Waals surface area contributed by atoms with E-state index in [0.717, 1.165) is 30.6 Å². The smallest absolute Gasteiger partial charge is 0.0625 e. The van der Waals surface area contributed by atoms with Crippen LogP contribution in [0.5, 0.6) is 0 Å². The van der Waals surface area contributed by atoms with E-state index in [1.807, 2.05) is 13.8 Å². The second-order valence-electron chi connectivity index (χ2n) is 11.7. The van der Waals surface area contributed by atoms with Gasteiger partial charge in [-0.1, -0.05) is 13.8 Å². The van der Waals surface area contributed by atoms with Crippen molar-refractivity contribution in [3.8, 4) is 0 Å². The van der Waals surface area contributed by atoms with E-state index in [0.29, 0.717) is 22.7 Å². The first kappa shape index (κ1) is 18.3. The molecule has 0 heterocycles. The van der Waals surface area contributed by atoms with Gasteiger partial charge >= 0.3 is 0 Å². The van der Waals surface area contributed by atoms with E-state index in [1.165, 1.54) is 44.9 Å². The molecule has 4 rings (SSSR count). The summed E-state index contributed by atoms with van der Waals surface area (Å²) in [6, 6.07) is 0. The van der Waals surface area contributed by atoms with Crippen LogP contribution in [-0.2, 0) is 0 Å². The molecule has 4 fully saturated rings. The van der Waals surface area contributed by atoms with Crippen LogP contribution in [0, 0.1) is 40.4 Å². The molecule has 25 heavy (non-hydrogen) atoms. The molecular weight excluding hydrogens is 308 g/mol. The maximum absolute atomic E-state index is 10.8. The fourth-order valence-electron chi connectivity index (χ4n) is 8.59. The Morgan fingerprint density at radius 3 is 2.16 bits per heavy atom. The molecule has 0 amide bonds. The van der Waals surface area contributed by atoms with Gasteiger partial charge in [0.05, 0.1) is 11.2 Å². The molecule has 0 radical (unpaired) electrons. The molecule has 0 bridgehead atoms. The van der Waals surface area contributed by atoms with E-state index in [-0.39, 0.29) is 0 Å². The first-order chi connectivity index (χ1) is 11.5. The first-order valence-electron chi connectivity index (χ1n) is 10.9.